The molecule has 0 fully saturated rings. The summed E-state index contributed by atoms with van der Waals surface area (Å²) in [6, 6.07) is 0. The number of nitrogens with zero attached hydrogens (tertiary/aromatic N) is 5. The van der Waals surface area contributed by atoms with Crippen LogP contribution >= 0.6 is 0 Å². The highest BCUT2D eigenvalue weighted by molar-refractivity contribution is 5.87. The lowest BCUT2D eigenvalue weighted by atomic mass is 10.5. The molecule has 0 aliphatic rings. The van der Waals surface area contributed by atoms with Crippen LogP contribution in [0.3, 0.4) is 0 Å². The molecule has 2 rings (SSSR count). The predicted octanol–water partition coefficient (Wildman–Crippen LogP) is -1.62. The van der Waals surface area contributed by atoms with Gasteiger partial charge in [-0.1, -0.05) is 0 Å². The van der Waals surface area contributed by atoms with E-state index in [0.29, 0.717) is 0 Å². The van der Waals surface area contributed by atoms with Crippen molar-refractivity contribution in [3.63, 3.8) is 0 Å². The van der Waals surface area contributed by atoms with Crippen LogP contribution < -0.4 is 16.6 Å². The zero-order valence-corrected chi connectivity index (χ0v) is 9.96. The maximum absolute atomic E-state index is 11.8. The van der Waals surface area contributed by atoms with Crippen LogP contribution in [0, 0.1) is 0 Å². The number of hydrogen-bond acceptors (Lipinski definition) is 6. The highest BCUT2D eigenvalue weighted by Gasteiger charge is 2.12. The summed E-state index contributed by atoms with van der Waals surface area (Å²) in [5.41, 5.74) is -1.07. The first kappa shape index (κ1) is 11.9. The quantitative estimate of drug-likeness (QED) is 0.651. The molecule has 1 N–H and O–H groups in total. The van der Waals surface area contributed by atoms with Crippen molar-refractivity contribution in [3.05, 3.63) is 20.8 Å². The van der Waals surface area contributed by atoms with Gasteiger partial charge in [0.1, 0.15) is 0 Å². The molecule has 1 amide bonds. The molecule has 0 bridgehead atoms. The molecule has 94 valence electrons. The number of hydrogen-bond donors (Lipinski definition) is 1. The molecule has 2 aromatic rings. The molecule has 18 heavy (non-hydrogen) atoms. The Morgan fingerprint density at radius 1 is 1.17 bits per heavy atom. The molecule has 2 aromatic heterocycles. The predicted molar refractivity (Wildman–Crippen MR) is 62.1 cm³/mol. The van der Waals surface area contributed by atoms with Crippen LogP contribution in [-0.4, -0.2) is 30.2 Å². The van der Waals surface area contributed by atoms with Gasteiger partial charge in [0.15, 0.2) is 11.2 Å². The summed E-state index contributed by atoms with van der Waals surface area (Å²) in [6.45, 7) is 1.29. The van der Waals surface area contributed by atoms with E-state index in [2.05, 4.69) is 20.5 Å². The summed E-state index contributed by atoms with van der Waals surface area (Å²) in [4.78, 5) is 38.2. The van der Waals surface area contributed by atoms with Crippen LogP contribution in [0.2, 0.25) is 0 Å². The van der Waals surface area contributed by atoms with Crippen LogP contribution in [-0.2, 0) is 18.9 Å². The maximum Gasteiger partial charge on any atom is 0.332 e. The summed E-state index contributed by atoms with van der Waals surface area (Å²) in [7, 11) is 2.80. The van der Waals surface area contributed by atoms with Gasteiger partial charge in [-0.2, -0.15) is 4.98 Å². The van der Waals surface area contributed by atoms with E-state index in [0.717, 1.165) is 9.13 Å². The van der Waals surface area contributed by atoms with Gasteiger partial charge < -0.3 is 0 Å². The van der Waals surface area contributed by atoms with Gasteiger partial charge in [-0.25, -0.2) is 4.79 Å². The summed E-state index contributed by atoms with van der Waals surface area (Å²) in [6.07, 6.45) is 0. The Morgan fingerprint density at radius 2 is 1.83 bits per heavy atom. The van der Waals surface area contributed by atoms with E-state index in [9.17, 15) is 14.4 Å². The number of rotatable bonds is 1. The van der Waals surface area contributed by atoms with Crippen LogP contribution in [0.5, 0.6) is 0 Å². The Hall–Kier alpha value is -2.58. The van der Waals surface area contributed by atoms with Crippen LogP contribution in [0.15, 0.2) is 9.59 Å². The second kappa shape index (κ2) is 4.02. The van der Waals surface area contributed by atoms with Gasteiger partial charge in [0.2, 0.25) is 5.91 Å². The SMILES string of the molecule is CC(=O)Nc1nnc2c(=O)n(C)c(=O)n(C)c2n1. The highest BCUT2D eigenvalue weighted by Crippen LogP contribution is 2.02. The monoisotopic (exact) mass is 250 g/mol. The molecule has 0 saturated carbocycles. The van der Waals surface area contributed by atoms with Crippen LogP contribution in [0.25, 0.3) is 11.2 Å². The summed E-state index contributed by atoms with van der Waals surface area (Å²) in [5, 5.41) is 9.60. The van der Waals surface area contributed by atoms with Gasteiger partial charge in [-0.15, -0.1) is 10.2 Å². The fourth-order valence-corrected chi connectivity index (χ4v) is 1.46. The first-order valence-corrected chi connectivity index (χ1v) is 5.00. The molecule has 0 aliphatic heterocycles. The Labute approximate surface area is 100 Å². The average molecular weight is 250 g/mol. The van der Waals surface area contributed by atoms with E-state index < -0.39 is 11.2 Å². The molecule has 2 heterocycles. The molecule has 0 radical (unpaired) electrons. The number of aryl methyl sites for hydroxylation is 1. The molecule has 0 spiro atoms. The standard InChI is InChI=1S/C9H10N6O3/c1-4(16)10-8-11-6-5(12-13-8)7(17)15(3)9(18)14(6)2/h1-3H3,(H,10,11,13,16). The Balaban J connectivity index is 2.82. The van der Waals surface area contributed by atoms with Crippen LogP contribution in [0.4, 0.5) is 5.95 Å². The van der Waals surface area contributed by atoms with Crippen molar-refractivity contribution in [2.24, 2.45) is 14.1 Å². The Morgan fingerprint density at radius 3 is 2.44 bits per heavy atom. The lowest BCUT2D eigenvalue weighted by molar-refractivity contribution is -0.114. The Bertz CT molecular complexity index is 759. The van der Waals surface area contributed by atoms with Crippen LogP contribution in [0.1, 0.15) is 6.92 Å². The van der Waals surface area contributed by atoms with Crippen molar-refractivity contribution in [3.8, 4) is 0 Å². The van der Waals surface area contributed by atoms with Gasteiger partial charge in [-0.3, -0.25) is 24.0 Å². The van der Waals surface area contributed by atoms with E-state index in [1.165, 1.54) is 21.0 Å². The zero-order valence-electron chi connectivity index (χ0n) is 9.96. The summed E-state index contributed by atoms with van der Waals surface area (Å²) in [5.74, 6) is -0.428. The van der Waals surface area contributed by atoms with Crippen molar-refractivity contribution >= 4 is 23.0 Å². The molecule has 0 atom stereocenters. The van der Waals surface area contributed by atoms with Crippen molar-refractivity contribution in [2.45, 2.75) is 6.92 Å². The van der Waals surface area contributed by atoms with Gasteiger partial charge in [0.05, 0.1) is 0 Å². The maximum atomic E-state index is 11.8. The molecular weight excluding hydrogens is 240 g/mol. The average Bonchev–Trinajstić information content (AvgIpc) is 2.33. The van der Waals surface area contributed by atoms with E-state index in [1.54, 1.807) is 0 Å². The fourth-order valence-electron chi connectivity index (χ4n) is 1.46. The molecule has 0 saturated heterocycles. The first-order chi connectivity index (χ1) is 8.41. The minimum atomic E-state index is -0.581. The number of carbonyl (C=O) groups excluding carboxylic acids is 1. The summed E-state index contributed by atoms with van der Waals surface area (Å²) >= 11 is 0. The van der Waals surface area contributed by atoms with Crippen molar-refractivity contribution in [1.82, 2.24) is 24.3 Å². The smallest absolute Gasteiger partial charge is 0.293 e. The minimum absolute atomic E-state index is 0.0336. The zero-order chi connectivity index (χ0) is 13.4. The van der Waals surface area contributed by atoms with Gasteiger partial charge in [0, 0.05) is 21.0 Å². The van der Waals surface area contributed by atoms with E-state index in [1.807, 2.05) is 0 Å². The number of carbonyl (C=O) groups is 1. The molecule has 0 aliphatic carbocycles. The number of nitrogens with one attached hydrogen (secondary N) is 1. The largest absolute Gasteiger partial charge is 0.332 e. The fraction of sp³-hybridized carbons (Fsp3) is 0.333. The Kier molecular flexibility index (Phi) is 2.66. The molecule has 0 aromatic carbocycles. The van der Waals surface area contributed by atoms with E-state index >= 15 is 0 Å². The highest BCUT2D eigenvalue weighted by atomic mass is 16.2. The number of aromatic nitrogens is 5. The lowest BCUT2D eigenvalue weighted by Crippen LogP contribution is -2.38. The third-order valence-corrected chi connectivity index (χ3v) is 2.35. The molecular formula is C9H10N6O3. The second-order valence-corrected chi connectivity index (χ2v) is 3.69. The third-order valence-electron chi connectivity index (χ3n) is 2.35. The summed E-state index contributed by atoms with van der Waals surface area (Å²) < 4.78 is 2.08. The van der Waals surface area contributed by atoms with Crippen molar-refractivity contribution in [2.75, 3.05) is 5.32 Å². The van der Waals surface area contributed by atoms with Gasteiger partial charge >= 0.3 is 5.69 Å². The minimum Gasteiger partial charge on any atom is -0.293 e. The van der Waals surface area contributed by atoms with E-state index in [4.69, 9.17) is 0 Å². The third kappa shape index (κ3) is 1.75. The second-order valence-electron chi connectivity index (χ2n) is 3.69. The van der Waals surface area contributed by atoms with Gasteiger partial charge in [-0.05, 0) is 0 Å². The number of amides is 1. The van der Waals surface area contributed by atoms with Gasteiger partial charge in [0.25, 0.3) is 11.5 Å². The number of anilines is 1. The van der Waals surface area contributed by atoms with Crippen molar-refractivity contribution < 1.29 is 4.79 Å². The molecule has 9 heteroatoms. The van der Waals surface area contributed by atoms with Crippen molar-refractivity contribution in [1.29, 1.82) is 0 Å². The molecule has 0 unspecified atom stereocenters. The first-order valence-electron chi connectivity index (χ1n) is 5.00. The van der Waals surface area contributed by atoms with E-state index in [-0.39, 0.29) is 23.0 Å². The molecule has 9 nitrogen and oxygen atoms in total. The normalized spacial score (nSPS) is 10.6. The topological polar surface area (TPSA) is 112 Å². The lowest BCUT2D eigenvalue weighted by Gasteiger charge is -2.06. The number of fused-ring (bicyclic) bond motifs is 1.